The molecular formula is C13H18N2O3S. The third-order valence-corrected chi connectivity index (χ3v) is 3.46. The lowest BCUT2D eigenvalue weighted by molar-refractivity contribution is -0.117. The van der Waals surface area contributed by atoms with Crippen LogP contribution in [0.4, 0.5) is 0 Å². The van der Waals surface area contributed by atoms with Crippen LogP contribution in [0.1, 0.15) is 25.8 Å². The van der Waals surface area contributed by atoms with Crippen molar-refractivity contribution in [1.82, 2.24) is 5.32 Å². The van der Waals surface area contributed by atoms with E-state index in [0.29, 0.717) is 11.1 Å². The van der Waals surface area contributed by atoms with Crippen LogP contribution in [0.2, 0.25) is 0 Å². The van der Waals surface area contributed by atoms with Gasteiger partial charge in [0, 0.05) is 12.1 Å². The van der Waals surface area contributed by atoms with Gasteiger partial charge in [-0.3, -0.25) is 4.79 Å². The predicted octanol–water partition coefficient (Wildman–Crippen LogP) is 1.31. The second kappa shape index (κ2) is 6.49. The molecule has 104 valence electrons. The second-order valence-corrected chi connectivity index (χ2v) is 5.73. The summed E-state index contributed by atoms with van der Waals surface area (Å²) < 4.78 is 22.4. The van der Waals surface area contributed by atoms with Crippen molar-refractivity contribution in [2.75, 3.05) is 0 Å². The molecule has 0 aliphatic rings. The van der Waals surface area contributed by atoms with Crippen molar-refractivity contribution < 1.29 is 13.2 Å². The highest BCUT2D eigenvalue weighted by molar-refractivity contribution is 7.89. The van der Waals surface area contributed by atoms with Crippen molar-refractivity contribution in [3.05, 3.63) is 41.5 Å². The summed E-state index contributed by atoms with van der Waals surface area (Å²) >= 11 is 0. The molecule has 6 heteroatoms. The highest BCUT2D eigenvalue weighted by atomic mass is 32.2. The average molecular weight is 282 g/mol. The fourth-order valence-corrected chi connectivity index (χ4v) is 2.14. The third-order valence-electron chi connectivity index (χ3n) is 2.55. The molecule has 0 unspecified atom stereocenters. The first-order valence-corrected chi connectivity index (χ1v) is 7.46. The van der Waals surface area contributed by atoms with Gasteiger partial charge in [0.1, 0.15) is 0 Å². The maximum absolute atomic E-state index is 11.7. The molecule has 0 radical (unpaired) electrons. The largest absolute Gasteiger partial charge is 0.348 e. The molecule has 0 atom stereocenters. The van der Waals surface area contributed by atoms with Crippen LogP contribution in [0.3, 0.4) is 0 Å². The van der Waals surface area contributed by atoms with Crippen LogP contribution in [0, 0.1) is 0 Å². The number of sulfonamides is 1. The number of carbonyl (C=O) groups excluding carboxylic acids is 1. The Morgan fingerprint density at radius 1 is 1.42 bits per heavy atom. The quantitative estimate of drug-likeness (QED) is 0.798. The number of amides is 1. The van der Waals surface area contributed by atoms with Crippen molar-refractivity contribution in [3.8, 4) is 0 Å². The zero-order valence-electron chi connectivity index (χ0n) is 11.0. The van der Waals surface area contributed by atoms with Gasteiger partial charge < -0.3 is 5.32 Å². The van der Waals surface area contributed by atoms with E-state index in [0.717, 1.165) is 6.42 Å². The summed E-state index contributed by atoms with van der Waals surface area (Å²) in [5.41, 5.74) is 1.33. The maximum atomic E-state index is 11.7. The number of primary sulfonamides is 1. The van der Waals surface area contributed by atoms with Gasteiger partial charge >= 0.3 is 0 Å². The second-order valence-electron chi connectivity index (χ2n) is 4.17. The predicted molar refractivity (Wildman–Crippen MR) is 73.7 cm³/mol. The maximum Gasteiger partial charge on any atom is 0.246 e. The van der Waals surface area contributed by atoms with E-state index >= 15 is 0 Å². The first-order valence-electron chi connectivity index (χ1n) is 5.91. The molecule has 0 aromatic heterocycles. The van der Waals surface area contributed by atoms with Crippen molar-refractivity contribution in [1.29, 1.82) is 0 Å². The highest BCUT2D eigenvalue weighted by Crippen LogP contribution is 2.09. The number of carbonyl (C=O) groups is 1. The Morgan fingerprint density at radius 3 is 2.68 bits per heavy atom. The molecule has 0 aliphatic carbocycles. The summed E-state index contributed by atoms with van der Waals surface area (Å²) in [6.45, 7) is 3.95. The van der Waals surface area contributed by atoms with Crippen molar-refractivity contribution in [2.24, 2.45) is 5.14 Å². The summed E-state index contributed by atoms with van der Waals surface area (Å²) in [6, 6.07) is 6.20. The molecule has 5 nitrogen and oxygen atoms in total. The molecular weight excluding hydrogens is 264 g/mol. The van der Waals surface area contributed by atoms with Gasteiger partial charge in [0.15, 0.2) is 0 Å². The van der Waals surface area contributed by atoms with Crippen LogP contribution in [-0.4, -0.2) is 14.3 Å². The third kappa shape index (κ3) is 4.84. The van der Waals surface area contributed by atoms with Gasteiger partial charge in [-0.2, -0.15) is 0 Å². The Labute approximate surface area is 113 Å². The van der Waals surface area contributed by atoms with Crippen LogP contribution in [0.5, 0.6) is 0 Å². The lowest BCUT2D eigenvalue weighted by Gasteiger charge is -2.07. The smallest absolute Gasteiger partial charge is 0.246 e. The van der Waals surface area contributed by atoms with E-state index in [1.54, 1.807) is 19.1 Å². The van der Waals surface area contributed by atoms with E-state index in [1.807, 2.05) is 13.0 Å². The van der Waals surface area contributed by atoms with E-state index in [9.17, 15) is 13.2 Å². The monoisotopic (exact) mass is 282 g/mol. The minimum atomic E-state index is -3.71. The van der Waals surface area contributed by atoms with Crippen molar-refractivity contribution in [3.63, 3.8) is 0 Å². The minimum Gasteiger partial charge on any atom is -0.348 e. The molecule has 0 heterocycles. The summed E-state index contributed by atoms with van der Waals surface area (Å²) in [7, 11) is -3.71. The summed E-state index contributed by atoms with van der Waals surface area (Å²) in [5, 5.41) is 7.76. The number of nitrogens with two attached hydrogens (primary N) is 1. The van der Waals surface area contributed by atoms with Crippen LogP contribution < -0.4 is 10.5 Å². The van der Waals surface area contributed by atoms with Gasteiger partial charge in [-0.15, -0.1) is 0 Å². The lowest BCUT2D eigenvalue weighted by Crippen LogP contribution is -2.23. The molecule has 3 N–H and O–H groups in total. The lowest BCUT2D eigenvalue weighted by atomic mass is 10.2. The molecule has 1 amide bonds. The zero-order valence-corrected chi connectivity index (χ0v) is 11.8. The molecule has 0 bridgehead atoms. The topological polar surface area (TPSA) is 89.3 Å². The first-order chi connectivity index (χ1) is 8.84. The minimum absolute atomic E-state index is 0.0417. The van der Waals surface area contributed by atoms with Crippen LogP contribution >= 0.6 is 0 Å². The van der Waals surface area contributed by atoms with Crippen LogP contribution in [-0.2, 0) is 21.4 Å². The Kier molecular flexibility index (Phi) is 5.26. The number of hydrogen-bond donors (Lipinski definition) is 2. The highest BCUT2D eigenvalue weighted by Gasteiger charge is 2.08. The summed E-state index contributed by atoms with van der Waals surface area (Å²) in [4.78, 5) is 11.7. The fraction of sp³-hybridized carbons (Fsp3) is 0.308. The number of nitrogens with one attached hydrogen (secondary N) is 1. The molecule has 19 heavy (non-hydrogen) atoms. The normalized spacial score (nSPS) is 12.3. The molecule has 0 fully saturated rings. The van der Waals surface area contributed by atoms with Crippen molar-refractivity contribution in [2.45, 2.75) is 31.7 Å². The summed E-state index contributed by atoms with van der Waals surface area (Å²) in [5.74, 6) is -0.164. The van der Waals surface area contributed by atoms with Gasteiger partial charge in [-0.25, -0.2) is 13.6 Å². The van der Waals surface area contributed by atoms with E-state index in [-0.39, 0.29) is 17.3 Å². The molecule has 0 aliphatic heterocycles. The van der Waals surface area contributed by atoms with Crippen LogP contribution in [0.15, 0.2) is 40.8 Å². The zero-order chi connectivity index (χ0) is 14.5. The van der Waals surface area contributed by atoms with Gasteiger partial charge in [-0.05, 0) is 31.0 Å². The summed E-state index contributed by atoms with van der Waals surface area (Å²) in [6.07, 6.45) is 2.62. The number of benzene rings is 1. The molecule has 1 aromatic rings. The van der Waals surface area contributed by atoms with Crippen molar-refractivity contribution >= 4 is 15.9 Å². The number of rotatable bonds is 5. The van der Waals surface area contributed by atoms with E-state index in [4.69, 9.17) is 5.14 Å². The molecule has 0 saturated heterocycles. The fourth-order valence-electron chi connectivity index (χ4n) is 1.55. The standard InChI is InChI=1S/C13H18N2O3S/c1-3-5-10(2)13(16)15-9-11-6-4-7-12(8-11)19(14,17)18/h4-8H,3,9H2,1-2H3,(H,15,16)(H2,14,17,18)/b10-5-. The van der Waals surface area contributed by atoms with E-state index in [1.165, 1.54) is 12.1 Å². The van der Waals surface area contributed by atoms with Gasteiger partial charge in [-0.1, -0.05) is 25.1 Å². The van der Waals surface area contributed by atoms with Crippen LogP contribution in [0.25, 0.3) is 0 Å². The van der Waals surface area contributed by atoms with Gasteiger partial charge in [0.25, 0.3) is 0 Å². The Bertz CT molecular complexity index is 592. The molecule has 1 aromatic carbocycles. The molecule has 0 spiro atoms. The number of allylic oxidation sites excluding steroid dienone is 1. The molecule has 0 saturated carbocycles. The molecule has 1 rings (SSSR count). The van der Waals surface area contributed by atoms with Gasteiger partial charge in [0.2, 0.25) is 15.9 Å². The van der Waals surface area contributed by atoms with E-state index < -0.39 is 10.0 Å². The van der Waals surface area contributed by atoms with E-state index in [2.05, 4.69) is 5.32 Å². The first kappa shape index (κ1) is 15.4. The van der Waals surface area contributed by atoms with Gasteiger partial charge in [0.05, 0.1) is 4.90 Å². The Hall–Kier alpha value is -1.66. The Balaban J connectivity index is 2.74. The SMILES string of the molecule is CC/C=C(/C)C(=O)NCc1cccc(S(N)(=O)=O)c1. The Morgan fingerprint density at radius 2 is 2.11 bits per heavy atom. The number of hydrogen-bond acceptors (Lipinski definition) is 3. The average Bonchev–Trinajstić information content (AvgIpc) is 2.35.